The third kappa shape index (κ3) is 5.16. The van der Waals surface area contributed by atoms with Gasteiger partial charge in [0, 0.05) is 32.4 Å². The molecular formula is C25H31N5O3. The number of anilines is 1. The number of carbonyl (C=O) groups excluding carboxylic acids is 1. The second kappa shape index (κ2) is 10.0. The zero-order chi connectivity index (χ0) is 23.4. The maximum absolute atomic E-state index is 13.1. The molecule has 1 fully saturated rings. The van der Waals surface area contributed by atoms with Crippen molar-refractivity contribution in [3.8, 4) is 5.75 Å². The molecule has 0 aliphatic carbocycles. The summed E-state index contributed by atoms with van der Waals surface area (Å²) in [4.78, 5) is 36.9. The number of aryl methyl sites for hydroxylation is 1. The van der Waals surface area contributed by atoms with Crippen LogP contribution in [0.3, 0.4) is 0 Å². The van der Waals surface area contributed by atoms with Crippen molar-refractivity contribution in [2.75, 3.05) is 18.0 Å². The third-order valence-electron chi connectivity index (χ3n) is 5.85. The van der Waals surface area contributed by atoms with Crippen LogP contribution in [0.2, 0.25) is 0 Å². The highest BCUT2D eigenvalue weighted by Crippen LogP contribution is 2.22. The van der Waals surface area contributed by atoms with Gasteiger partial charge in [-0.1, -0.05) is 12.1 Å². The summed E-state index contributed by atoms with van der Waals surface area (Å²) in [7, 11) is 0. The number of carbonyl (C=O) groups is 1. The number of rotatable bonds is 7. The lowest BCUT2D eigenvalue weighted by atomic mass is 9.97. The Morgan fingerprint density at radius 3 is 2.76 bits per heavy atom. The summed E-state index contributed by atoms with van der Waals surface area (Å²) < 4.78 is 7.31. The number of ether oxygens (including phenoxy) is 1. The molecule has 1 amide bonds. The zero-order valence-electron chi connectivity index (χ0n) is 19.5. The smallest absolute Gasteiger partial charge is 0.295 e. The molecule has 0 radical (unpaired) electrons. The number of aromatic nitrogens is 3. The number of amides is 1. The highest BCUT2D eigenvalue weighted by Gasteiger charge is 2.28. The van der Waals surface area contributed by atoms with Gasteiger partial charge in [0.05, 0.1) is 12.0 Å². The highest BCUT2D eigenvalue weighted by atomic mass is 16.5. The Balaban J connectivity index is 1.44. The summed E-state index contributed by atoms with van der Waals surface area (Å²) in [5.41, 5.74) is 2.13. The summed E-state index contributed by atoms with van der Waals surface area (Å²) in [6.45, 7) is 8.06. The second-order valence-corrected chi connectivity index (χ2v) is 8.64. The van der Waals surface area contributed by atoms with Crippen LogP contribution in [-0.2, 0) is 17.9 Å². The van der Waals surface area contributed by atoms with Crippen LogP contribution in [0.25, 0.3) is 11.2 Å². The second-order valence-electron chi connectivity index (χ2n) is 8.64. The standard InChI is InChI=1S/C25H31N5O3/c1-4-30-22-21(8-5-13-26-22)28-23(25(30)32)29-14-6-7-19(16-29)24(31)27-15-18-9-11-20(12-10-18)33-17(2)3/h5,8-13,17,19H,4,6-7,14-16H2,1-3H3,(H,27,31)/t19-/m1/s1. The van der Waals surface area contributed by atoms with Gasteiger partial charge in [0.15, 0.2) is 11.5 Å². The van der Waals surface area contributed by atoms with E-state index in [0.717, 1.165) is 24.2 Å². The Hall–Kier alpha value is -3.42. The average molecular weight is 450 g/mol. The summed E-state index contributed by atoms with van der Waals surface area (Å²) in [6.07, 6.45) is 3.42. The average Bonchev–Trinajstić information content (AvgIpc) is 2.83. The van der Waals surface area contributed by atoms with E-state index in [0.29, 0.717) is 43.2 Å². The minimum atomic E-state index is -0.192. The van der Waals surface area contributed by atoms with Crippen LogP contribution in [0.5, 0.6) is 5.75 Å². The van der Waals surface area contributed by atoms with Crippen molar-refractivity contribution in [2.24, 2.45) is 5.92 Å². The molecule has 8 heteroatoms. The number of nitrogens with one attached hydrogen (secondary N) is 1. The number of nitrogens with zero attached hydrogens (tertiary/aromatic N) is 4. The molecule has 174 valence electrons. The maximum Gasteiger partial charge on any atom is 0.295 e. The fourth-order valence-electron chi connectivity index (χ4n) is 4.24. The molecule has 3 heterocycles. The first-order valence-electron chi connectivity index (χ1n) is 11.6. The van der Waals surface area contributed by atoms with E-state index in [9.17, 15) is 9.59 Å². The van der Waals surface area contributed by atoms with Gasteiger partial charge in [-0.2, -0.15) is 0 Å². The molecule has 0 saturated carbocycles. The maximum atomic E-state index is 13.1. The van der Waals surface area contributed by atoms with Gasteiger partial charge in [-0.05, 0) is 63.4 Å². The molecule has 33 heavy (non-hydrogen) atoms. The van der Waals surface area contributed by atoms with Crippen molar-refractivity contribution >= 4 is 22.9 Å². The van der Waals surface area contributed by atoms with E-state index >= 15 is 0 Å². The number of pyridine rings is 1. The fourth-order valence-corrected chi connectivity index (χ4v) is 4.24. The van der Waals surface area contributed by atoms with Gasteiger partial charge < -0.3 is 15.0 Å². The van der Waals surface area contributed by atoms with Gasteiger partial charge in [-0.15, -0.1) is 0 Å². The van der Waals surface area contributed by atoms with Gasteiger partial charge in [-0.25, -0.2) is 9.97 Å². The van der Waals surface area contributed by atoms with Gasteiger partial charge in [-0.3, -0.25) is 14.2 Å². The minimum absolute atomic E-state index is 0.000444. The number of fused-ring (bicyclic) bond motifs is 1. The summed E-state index contributed by atoms with van der Waals surface area (Å²) >= 11 is 0. The van der Waals surface area contributed by atoms with Crippen LogP contribution in [0.1, 0.15) is 39.2 Å². The molecule has 3 aromatic rings. The predicted molar refractivity (Wildman–Crippen MR) is 128 cm³/mol. The molecule has 4 rings (SSSR count). The van der Waals surface area contributed by atoms with Crippen molar-refractivity contribution in [3.05, 3.63) is 58.5 Å². The van der Waals surface area contributed by atoms with E-state index in [1.165, 1.54) is 0 Å². The van der Waals surface area contributed by atoms with Crippen molar-refractivity contribution < 1.29 is 9.53 Å². The molecule has 1 saturated heterocycles. The van der Waals surface area contributed by atoms with E-state index in [2.05, 4.69) is 15.3 Å². The van der Waals surface area contributed by atoms with Crippen LogP contribution >= 0.6 is 0 Å². The molecule has 1 aliphatic heterocycles. The number of hydrogen-bond acceptors (Lipinski definition) is 6. The van der Waals surface area contributed by atoms with Crippen LogP contribution < -0.4 is 20.5 Å². The lowest BCUT2D eigenvalue weighted by Gasteiger charge is -2.32. The van der Waals surface area contributed by atoms with Crippen LogP contribution in [0.15, 0.2) is 47.4 Å². The Morgan fingerprint density at radius 1 is 1.24 bits per heavy atom. The number of hydrogen-bond donors (Lipinski definition) is 1. The first kappa shape index (κ1) is 22.8. The fraction of sp³-hybridized carbons (Fsp3) is 0.440. The number of benzene rings is 1. The summed E-state index contributed by atoms with van der Waals surface area (Å²) in [5.74, 6) is 1.03. The van der Waals surface area contributed by atoms with Crippen LogP contribution in [0, 0.1) is 5.92 Å². The minimum Gasteiger partial charge on any atom is -0.491 e. The van der Waals surface area contributed by atoms with Crippen molar-refractivity contribution in [1.29, 1.82) is 0 Å². The van der Waals surface area contributed by atoms with Gasteiger partial charge in [0.25, 0.3) is 5.56 Å². The van der Waals surface area contributed by atoms with Gasteiger partial charge >= 0.3 is 0 Å². The van der Waals surface area contributed by atoms with E-state index in [1.807, 2.05) is 62.1 Å². The van der Waals surface area contributed by atoms with Crippen molar-refractivity contribution in [3.63, 3.8) is 0 Å². The van der Waals surface area contributed by atoms with Crippen LogP contribution in [0.4, 0.5) is 5.82 Å². The van der Waals surface area contributed by atoms with E-state index in [-0.39, 0.29) is 23.5 Å². The molecule has 0 spiro atoms. The molecule has 1 N–H and O–H groups in total. The Labute approximate surface area is 193 Å². The lowest BCUT2D eigenvalue weighted by Crippen LogP contribution is -2.45. The quantitative estimate of drug-likeness (QED) is 0.596. The zero-order valence-corrected chi connectivity index (χ0v) is 19.5. The third-order valence-corrected chi connectivity index (χ3v) is 5.85. The molecule has 1 aromatic carbocycles. The first-order valence-corrected chi connectivity index (χ1v) is 11.6. The van der Waals surface area contributed by atoms with Crippen LogP contribution in [-0.4, -0.2) is 39.6 Å². The van der Waals surface area contributed by atoms with E-state index in [1.54, 1.807) is 10.8 Å². The van der Waals surface area contributed by atoms with Gasteiger partial charge in [0.1, 0.15) is 11.3 Å². The normalized spacial score (nSPS) is 16.2. The Morgan fingerprint density at radius 2 is 2.03 bits per heavy atom. The summed E-state index contributed by atoms with van der Waals surface area (Å²) in [6, 6.07) is 11.4. The molecule has 8 nitrogen and oxygen atoms in total. The van der Waals surface area contributed by atoms with Crippen molar-refractivity contribution in [1.82, 2.24) is 19.9 Å². The highest BCUT2D eigenvalue weighted by molar-refractivity contribution is 5.79. The topological polar surface area (TPSA) is 89.4 Å². The largest absolute Gasteiger partial charge is 0.491 e. The first-order chi connectivity index (χ1) is 16.0. The molecule has 1 atom stereocenters. The van der Waals surface area contributed by atoms with Gasteiger partial charge in [0.2, 0.25) is 5.91 Å². The molecule has 0 bridgehead atoms. The SMILES string of the molecule is CCn1c(=O)c(N2CCC[C@@H](C(=O)NCc3ccc(OC(C)C)cc3)C2)nc2cccnc21. The molecule has 2 aromatic heterocycles. The summed E-state index contributed by atoms with van der Waals surface area (Å²) in [5, 5.41) is 3.05. The van der Waals surface area contributed by atoms with Crippen molar-refractivity contribution in [2.45, 2.75) is 52.8 Å². The predicted octanol–water partition coefficient (Wildman–Crippen LogP) is 3.13. The molecule has 0 unspecified atom stereocenters. The van der Waals surface area contributed by atoms with E-state index < -0.39 is 0 Å². The Kier molecular flexibility index (Phi) is 6.91. The lowest BCUT2D eigenvalue weighted by molar-refractivity contribution is -0.125. The molecular weight excluding hydrogens is 418 g/mol. The van der Waals surface area contributed by atoms with E-state index in [4.69, 9.17) is 4.74 Å². The molecule has 1 aliphatic rings. The number of piperidine rings is 1. The monoisotopic (exact) mass is 449 g/mol. The Bertz CT molecular complexity index is 1170.